The summed E-state index contributed by atoms with van der Waals surface area (Å²) in [6.07, 6.45) is 2.21. The SMILES string of the molecule is CCCCOc1ccc(N(c2ccccc2)c2ccc3c(c2)C(C)(C)c2ccccc2-3)cc1. The Kier molecular flexibility index (Phi) is 5.68. The molecule has 2 nitrogen and oxygen atoms in total. The summed E-state index contributed by atoms with van der Waals surface area (Å²) in [5.41, 5.74) is 8.87. The van der Waals surface area contributed by atoms with Gasteiger partial charge in [0.1, 0.15) is 5.75 Å². The van der Waals surface area contributed by atoms with Gasteiger partial charge in [-0.05, 0) is 77.2 Å². The van der Waals surface area contributed by atoms with E-state index < -0.39 is 0 Å². The third-order valence-electron chi connectivity index (χ3n) is 6.70. The summed E-state index contributed by atoms with van der Waals surface area (Å²) in [5.74, 6) is 0.922. The van der Waals surface area contributed by atoms with Crippen LogP contribution in [0.5, 0.6) is 5.75 Å². The van der Waals surface area contributed by atoms with Crippen LogP contribution in [-0.2, 0) is 5.41 Å². The Bertz CT molecular complexity index is 1240. The molecule has 166 valence electrons. The lowest BCUT2D eigenvalue weighted by Gasteiger charge is -2.28. The van der Waals surface area contributed by atoms with E-state index in [1.807, 2.05) is 0 Å². The molecule has 4 aromatic carbocycles. The number of fused-ring (bicyclic) bond motifs is 3. The molecule has 0 saturated carbocycles. The molecule has 33 heavy (non-hydrogen) atoms. The highest BCUT2D eigenvalue weighted by molar-refractivity contribution is 5.85. The van der Waals surface area contributed by atoms with Crippen LogP contribution in [0.1, 0.15) is 44.7 Å². The molecule has 0 atom stereocenters. The first-order chi connectivity index (χ1) is 16.1. The Morgan fingerprint density at radius 2 is 1.30 bits per heavy atom. The summed E-state index contributed by atoms with van der Waals surface area (Å²) in [6, 6.07) is 34.7. The lowest BCUT2D eigenvalue weighted by atomic mass is 9.82. The molecule has 2 heteroatoms. The van der Waals surface area contributed by atoms with Crippen molar-refractivity contribution in [1.82, 2.24) is 0 Å². The van der Waals surface area contributed by atoms with E-state index in [2.05, 4.69) is 123 Å². The molecular formula is C31H31NO. The van der Waals surface area contributed by atoms with Gasteiger partial charge < -0.3 is 9.64 Å². The van der Waals surface area contributed by atoms with Crippen molar-refractivity contribution < 1.29 is 4.74 Å². The number of unbranched alkanes of at least 4 members (excludes halogenated alkanes) is 1. The Hall–Kier alpha value is -3.52. The van der Waals surface area contributed by atoms with Crippen LogP contribution in [0, 0.1) is 0 Å². The van der Waals surface area contributed by atoms with Gasteiger partial charge in [0, 0.05) is 22.5 Å². The van der Waals surface area contributed by atoms with Gasteiger partial charge in [0.05, 0.1) is 6.61 Å². The van der Waals surface area contributed by atoms with E-state index in [-0.39, 0.29) is 5.41 Å². The van der Waals surface area contributed by atoms with Gasteiger partial charge in [0.15, 0.2) is 0 Å². The number of nitrogens with zero attached hydrogens (tertiary/aromatic N) is 1. The minimum absolute atomic E-state index is 0.0265. The zero-order chi connectivity index (χ0) is 22.8. The molecule has 1 aliphatic carbocycles. The highest BCUT2D eigenvalue weighted by Crippen LogP contribution is 2.50. The number of hydrogen-bond acceptors (Lipinski definition) is 2. The van der Waals surface area contributed by atoms with E-state index in [1.54, 1.807) is 0 Å². The molecule has 0 heterocycles. The van der Waals surface area contributed by atoms with Crippen molar-refractivity contribution in [2.24, 2.45) is 0 Å². The van der Waals surface area contributed by atoms with Gasteiger partial charge in [-0.3, -0.25) is 0 Å². The van der Waals surface area contributed by atoms with Crippen LogP contribution in [0.4, 0.5) is 17.1 Å². The Morgan fingerprint density at radius 3 is 2.06 bits per heavy atom. The van der Waals surface area contributed by atoms with E-state index in [0.29, 0.717) is 0 Å². The molecule has 4 aromatic rings. The van der Waals surface area contributed by atoms with Crippen molar-refractivity contribution in [3.63, 3.8) is 0 Å². The van der Waals surface area contributed by atoms with E-state index in [1.165, 1.54) is 27.9 Å². The summed E-state index contributed by atoms with van der Waals surface area (Å²) in [5, 5.41) is 0. The second-order valence-corrected chi connectivity index (χ2v) is 9.27. The number of rotatable bonds is 7. The maximum Gasteiger partial charge on any atom is 0.119 e. The largest absolute Gasteiger partial charge is 0.494 e. The fourth-order valence-electron chi connectivity index (χ4n) is 4.88. The fraction of sp³-hybridized carbons (Fsp3) is 0.226. The molecule has 0 amide bonds. The minimum atomic E-state index is -0.0265. The Labute approximate surface area is 197 Å². The topological polar surface area (TPSA) is 12.5 Å². The van der Waals surface area contributed by atoms with E-state index in [9.17, 15) is 0 Å². The van der Waals surface area contributed by atoms with E-state index in [0.717, 1.165) is 36.6 Å². The number of anilines is 3. The highest BCUT2D eigenvalue weighted by Gasteiger charge is 2.35. The van der Waals surface area contributed by atoms with Crippen LogP contribution in [0.15, 0.2) is 97.1 Å². The second-order valence-electron chi connectivity index (χ2n) is 9.27. The first kappa shape index (κ1) is 21.3. The van der Waals surface area contributed by atoms with Gasteiger partial charge in [-0.1, -0.05) is 75.7 Å². The third kappa shape index (κ3) is 3.91. The van der Waals surface area contributed by atoms with Crippen molar-refractivity contribution in [2.75, 3.05) is 11.5 Å². The Balaban J connectivity index is 1.56. The third-order valence-corrected chi connectivity index (χ3v) is 6.70. The first-order valence-corrected chi connectivity index (χ1v) is 11.9. The van der Waals surface area contributed by atoms with Crippen molar-refractivity contribution in [1.29, 1.82) is 0 Å². The highest BCUT2D eigenvalue weighted by atomic mass is 16.5. The molecule has 0 radical (unpaired) electrons. The molecule has 0 bridgehead atoms. The minimum Gasteiger partial charge on any atom is -0.494 e. The van der Waals surface area contributed by atoms with Crippen molar-refractivity contribution in [3.05, 3.63) is 108 Å². The monoisotopic (exact) mass is 433 g/mol. The van der Waals surface area contributed by atoms with Crippen LogP contribution < -0.4 is 9.64 Å². The van der Waals surface area contributed by atoms with Crippen molar-refractivity contribution >= 4 is 17.1 Å². The van der Waals surface area contributed by atoms with Crippen LogP contribution in [0.25, 0.3) is 11.1 Å². The lowest BCUT2D eigenvalue weighted by molar-refractivity contribution is 0.309. The average molecular weight is 434 g/mol. The maximum atomic E-state index is 5.90. The van der Waals surface area contributed by atoms with Crippen LogP contribution in [0.2, 0.25) is 0 Å². The van der Waals surface area contributed by atoms with Gasteiger partial charge in [0.2, 0.25) is 0 Å². The van der Waals surface area contributed by atoms with Gasteiger partial charge in [0.25, 0.3) is 0 Å². The van der Waals surface area contributed by atoms with E-state index >= 15 is 0 Å². The Morgan fingerprint density at radius 1 is 0.667 bits per heavy atom. The molecule has 0 spiro atoms. The molecule has 0 aromatic heterocycles. The normalized spacial score (nSPS) is 13.3. The second kappa shape index (κ2) is 8.78. The molecule has 0 aliphatic heterocycles. The number of benzene rings is 4. The summed E-state index contributed by atoms with van der Waals surface area (Å²) in [6.45, 7) is 7.60. The number of hydrogen-bond donors (Lipinski definition) is 0. The molecule has 0 saturated heterocycles. The average Bonchev–Trinajstić information content (AvgIpc) is 3.08. The predicted octanol–water partition coefficient (Wildman–Crippen LogP) is 8.64. The van der Waals surface area contributed by atoms with Gasteiger partial charge in [-0.25, -0.2) is 0 Å². The zero-order valence-electron chi connectivity index (χ0n) is 19.7. The number of ether oxygens (including phenoxy) is 1. The molecule has 0 unspecified atom stereocenters. The summed E-state index contributed by atoms with van der Waals surface area (Å²) in [4.78, 5) is 2.33. The maximum absolute atomic E-state index is 5.90. The van der Waals surface area contributed by atoms with Crippen LogP contribution in [-0.4, -0.2) is 6.61 Å². The first-order valence-electron chi connectivity index (χ1n) is 11.9. The smallest absolute Gasteiger partial charge is 0.119 e. The summed E-state index contributed by atoms with van der Waals surface area (Å²) >= 11 is 0. The van der Waals surface area contributed by atoms with Crippen LogP contribution in [0.3, 0.4) is 0 Å². The zero-order valence-corrected chi connectivity index (χ0v) is 19.7. The van der Waals surface area contributed by atoms with Gasteiger partial charge in [-0.2, -0.15) is 0 Å². The van der Waals surface area contributed by atoms with Gasteiger partial charge >= 0.3 is 0 Å². The van der Waals surface area contributed by atoms with Crippen LogP contribution >= 0.6 is 0 Å². The predicted molar refractivity (Wildman–Crippen MR) is 139 cm³/mol. The molecule has 1 aliphatic rings. The van der Waals surface area contributed by atoms with Gasteiger partial charge in [-0.15, -0.1) is 0 Å². The van der Waals surface area contributed by atoms with Crippen molar-refractivity contribution in [3.8, 4) is 16.9 Å². The molecule has 5 rings (SSSR count). The lowest BCUT2D eigenvalue weighted by Crippen LogP contribution is -2.16. The molecular weight excluding hydrogens is 402 g/mol. The van der Waals surface area contributed by atoms with Crippen molar-refractivity contribution in [2.45, 2.75) is 39.0 Å². The quantitative estimate of drug-likeness (QED) is 0.270. The summed E-state index contributed by atoms with van der Waals surface area (Å²) in [7, 11) is 0. The standard InChI is InChI=1S/C31H31NO/c1-4-5-21-33-26-18-15-24(16-19-26)32(23-11-7-6-8-12-23)25-17-20-28-27-13-9-10-14-29(27)31(2,3)30(28)22-25/h6-20,22H,4-5,21H2,1-3H3. The fourth-order valence-corrected chi connectivity index (χ4v) is 4.88. The number of para-hydroxylation sites is 1. The molecule has 0 fully saturated rings. The molecule has 0 N–H and O–H groups in total. The summed E-state index contributed by atoms with van der Waals surface area (Å²) < 4.78 is 5.90. The van der Waals surface area contributed by atoms with E-state index in [4.69, 9.17) is 4.74 Å².